The molecule has 0 saturated heterocycles. The number of anilines is 1. The van der Waals surface area contributed by atoms with Crippen LogP contribution in [0.15, 0.2) is 42.5 Å². The van der Waals surface area contributed by atoms with Crippen LogP contribution < -0.4 is 9.64 Å². The number of fused-ring (bicyclic) bond motifs is 1. The molecule has 0 saturated carbocycles. The molecule has 0 spiro atoms. The van der Waals surface area contributed by atoms with E-state index in [0.29, 0.717) is 5.56 Å². The van der Waals surface area contributed by atoms with Crippen molar-refractivity contribution in [2.45, 2.75) is 13.0 Å². The number of carbonyl (C=O) groups is 1. The maximum atomic E-state index is 11.2. The van der Waals surface area contributed by atoms with Gasteiger partial charge in [0.05, 0.1) is 12.8 Å². The Hall–Kier alpha value is -2.29. The van der Waals surface area contributed by atoms with Crippen LogP contribution in [0.5, 0.6) is 5.75 Å². The first kappa shape index (κ1) is 12.7. The zero-order chi connectivity index (χ0) is 13.9. The van der Waals surface area contributed by atoms with Crippen molar-refractivity contribution in [2.75, 3.05) is 18.6 Å². The summed E-state index contributed by atoms with van der Waals surface area (Å²) in [5, 5.41) is 0. The van der Waals surface area contributed by atoms with Crippen molar-refractivity contribution >= 4 is 12.0 Å². The van der Waals surface area contributed by atoms with Gasteiger partial charge < -0.3 is 9.64 Å². The number of carbonyl (C=O) groups excluding carboxylic acids is 1. The summed E-state index contributed by atoms with van der Waals surface area (Å²) >= 11 is 0. The maximum Gasteiger partial charge on any atom is 0.152 e. The van der Waals surface area contributed by atoms with Crippen LogP contribution in [0.1, 0.15) is 21.5 Å². The van der Waals surface area contributed by atoms with E-state index in [4.69, 9.17) is 4.74 Å². The third-order valence-corrected chi connectivity index (χ3v) is 3.84. The Morgan fingerprint density at radius 3 is 2.70 bits per heavy atom. The number of ether oxygens (including phenoxy) is 1. The molecule has 0 unspecified atom stereocenters. The number of benzene rings is 2. The van der Waals surface area contributed by atoms with E-state index in [1.54, 1.807) is 7.11 Å². The summed E-state index contributed by atoms with van der Waals surface area (Å²) in [5.41, 5.74) is 4.40. The summed E-state index contributed by atoms with van der Waals surface area (Å²) in [5.74, 6) is 0.782. The molecular weight excluding hydrogens is 250 g/mol. The highest BCUT2D eigenvalue weighted by molar-refractivity contribution is 5.85. The largest absolute Gasteiger partial charge is 0.497 e. The van der Waals surface area contributed by atoms with Crippen LogP contribution in [0.25, 0.3) is 0 Å². The number of methoxy groups -OCH3 is 1. The maximum absolute atomic E-state index is 11.2. The molecule has 0 atom stereocenters. The molecule has 0 N–H and O–H groups in total. The van der Waals surface area contributed by atoms with Crippen LogP contribution in [0.4, 0.5) is 5.69 Å². The molecule has 3 rings (SSSR count). The van der Waals surface area contributed by atoms with Crippen molar-refractivity contribution in [2.24, 2.45) is 0 Å². The molecule has 0 fully saturated rings. The first-order valence-corrected chi connectivity index (χ1v) is 6.77. The van der Waals surface area contributed by atoms with E-state index in [2.05, 4.69) is 29.2 Å². The second-order valence-corrected chi connectivity index (χ2v) is 4.98. The van der Waals surface area contributed by atoms with Gasteiger partial charge in [0.15, 0.2) is 6.29 Å². The van der Waals surface area contributed by atoms with Gasteiger partial charge in [0.25, 0.3) is 0 Å². The molecule has 0 aliphatic carbocycles. The van der Waals surface area contributed by atoms with Crippen LogP contribution in [0.3, 0.4) is 0 Å². The standard InChI is InChI=1S/C17H17NO2/c1-20-16-7-6-15(12-19)17(10-16)18-9-8-13-4-2-3-5-14(13)11-18/h2-7,10,12H,8-9,11H2,1H3. The van der Waals surface area contributed by atoms with Gasteiger partial charge in [-0.3, -0.25) is 4.79 Å². The van der Waals surface area contributed by atoms with Crippen molar-refractivity contribution in [3.8, 4) is 5.75 Å². The van der Waals surface area contributed by atoms with E-state index in [1.165, 1.54) is 11.1 Å². The Bertz CT molecular complexity index is 637. The Kier molecular flexibility index (Phi) is 3.42. The minimum absolute atomic E-state index is 0.713. The highest BCUT2D eigenvalue weighted by Crippen LogP contribution is 2.29. The van der Waals surface area contributed by atoms with Crippen molar-refractivity contribution in [1.82, 2.24) is 0 Å². The lowest BCUT2D eigenvalue weighted by atomic mass is 9.99. The van der Waals surface area contributed by atoms with Gasteiger partial charge in [0, 0.05) is 24.7 Å². The lowest BCUT2D eigenvalue weighted by Gasteiger charge is -2.31. The number of rotatable bonds is 3. The van der Waals surface area contributed by atoms with Crippen molar-refractivity contribution < 1.29 is 9.53 Å². The molecule has 20 heavy (non-hydrogen) atoms. The quantitative estimate of drug-likeness (QED) is 0.800. The normalized spacial score (nSPS) is 13.8. The molecule has 0 amide bonds. The van der Waals surface area contributed by atoms with Gasteiger partial charge in [-0.1, -0.05) is 24.3 Å². The Morgan fingerprint density at radius 2 is 1.95 bits per heavy atom. The average molecular weight is 267 g/mol. The van der Waals surface area contributed by atoms with Gasteiger partial charge in [0.2, 0.25) is 0 Å². The monoisotopic (exact) mass is 267 g/mol. The topological polar surface area (TPSA) is 29.5 Å². The summed E-state index contributed by atoms with van der Waals surface area (Å²) in [6.07, 6.45) is 1.92. The molecule has 0 radical (unpaired) electrons. The van der Waals surface area contributed by atoms with Gasteiger partial charge in [-0.15, -0.1) is 0 Å². The lowest BCUT2D eigenvalue weighted by Crippen LogP contribution is -2.31. The van der Waals surface area contributed by atoms with Crippen molar-refractivity contribution in [3.63, 3.8) is 0 Å². The lowest BCUT2D eigenvalue weighted by molar-refractivity contribution is 0.112. The van der Waals surface area contributed by atoms with Crippen LogP contribution in [0, 0.1) is 0 Å². The third-order valence-electron chi connectivity index (χ3n) is 3.84. The molecule has 102 valence electrons. The second kappa shape index (κ2) is 5.37. The third kappa shape index (κ3) is 2.27. The van der Waals surface area contributed by atoms with Gasteiger partial charge in [-0.05, 0) is 29.7 Å². The van der Waals surface area contributed by atoms with E-state index in [1.807, 2.05) is 18.2 Å². The van der Waals surface area contributed by atoms with E-state index in [-0.39, 0.29) is 0 Å². The molecular formula is C17H17NO2. The van der Waals surface area contributed by atoms with Crippen LogP contribution in [0.2, 0.25) is 0 Å². The molecule has 0 aromatic heterocycles. The fourth-order valence-electron chi connectivity index (χ4n) is 2.73. The zero-order valence-corrected chi connectivity index (χ0v) is 11.5. The molecule has 3 nitrogen and oxygen atoms in total. The minimum Gasteiger partial charge on any atom is -0.497 e. The predicted molar refractivity (Wildman–Crippen MR) is 79.6 cm³/mol. The smallest absolute Gasteiger partial charge is 0.152 e. The Balaban J connectivity index is 1.96. The van der Waals surface area contributed by atoms with Crippen LogP contribution in [-0.2, 0) is 13.0 Å². The SMILES string of the molecule is COc1ccc(C=O)c(N2CCc3ccccc3C2)c1. The molecule has 1 heterocycles. The zero-order valence-electron chi connectivity index (χ0n) is 11.5. The highest BCUT2D eigenvalue weighted by atomic mass is 16.5. The van der Waals surface area contributed by atoms with Gasteiger partial charge >= 0.3 is 0 Å². The number of aldehydes is 1. The fraction of sp³-hybridized carbons (Fsp3) is 0.235. The summed E-state index contributed by atoms with van der Waals surface area (Å²) < 4.78 is 5.27. The van der Waals surface area contributed by atoms with Gasteiger partial charge in [0.1, 0.15) is 5.75 Å². The summed E-state index contributed by atoms with van der Waals surface area (Å²) in [4.78, 5) is 13.5. The highest BCUT2D eigenvalue weighted by Gasteiger charge is 2.18. The summed E-state index contributed by atoms with van der Waals surface area (Å²) in [7, 11) is 1.64. The molecule has 1 aliphatic heterocycles. The molecule has 2 aromatic carbocycles. The molecule has 2 aromatic rings. The predicted octanol–water partition coefficient (Wildman–Crippen LogP) is 3.07. The summed E-state index contributed by atoms with van der Waals surface area (Å²) in [6.45, 7) is 1.76. The number of nitrogens with zero attached hydrogens (tertiary/aromatic N) is 1. The number of hydrogen-bond donors (Lipinski definition) is 0. The van der Waals surface area contributed by atoms with Crippen molar-refractivity contribution in [1.29, 1.82) is 0 Å². The van der Waals surface area contributed by atoms with E-state index in [0.717, 1.165) is 37.2 Å². The van der Waals surface area contributed by atoms with E-state index in [9.17, 15) is 4.79 Å². The molecule has 3 heteroatoms. The Morgan fingerprint density at radius 1 is 1.15 bits per heavy atom. The molecule has 0 bridgehead atoms. The Labute approximate surface area is 118 Å². The second-order valence-electron chi connectivity index (χ2n) is 4.98. The molecule has 1 aliphatic rings. The number of hydrogen-bond acceptors (Lipinski definition) is 3. The van der Waals surface area contributed by atoms with Gasteiger partial charge in [-0.2, -0.15) is 0 Å². The summed E-state index contributed by atoms with van der Waals surface area (Å²) in [6, 6.07) is 14.1. The van der Waals surface area contributed by atoms with Crippen molar-refractivity contribution in [3.05, 3.63) is 59.2 Å². The van der Waals surface area contributed by atoms with Crippen LogP contribution >= 0.6 is 0 Å². The van der Waals surface area contributed by atoms with E-state index >= 15 is 0 Å². The minimum atomic E-state index is 0.713. The first-order valence-electron chi connectivity index (χ1n) is 6.77. The van der Waals surface area contributed by atoms with Gasteiger partial charge in [-0.25, -0.2) is 0 Å². The van der Waals surface area contributed by atoms with Crippen LogP contribution in [-0.4, -0.2) is 19.9 Å². The average Bonchev–Trinajstić information content (AvgIpc) is 2.53. The fourth-order valence-corrected chi connectivity index (χ4v) is 2.73. The van der Waals surface area contributed by atoms with E-state index < -0.39 is 0 Å². The first-order chi connectivity index (χ1) is 9.81.